The molecule has 0 amide bonds. The van der Waals surface area contributed by atoms with E-state index in [9.17, 15) is 10.1 Å². The topological polar surface area (TPSA) is 140 Å². The smallest absolute Gasteiger partial charge is 0.370 e. The minimum atomic E-state index is -0.523. The number of thioether (sulfide) groups is 1. The van der Waals surface area contributed by atoms with Crippen LogP contribution in [0, 0.1) is 10.1 Å². The normalized spacial score (nSPS) is 17.2. The number of H-pyrrole nitrogens is 1. The summed E-state index contributed by atoms with van der Waals surface area (Å²) in [5.41, 5.74) is 6.39. The molecule has 11 heteroatoms. The lowest BCUT2D eigenvalue weighted by atomic mass is 10.4. The molecule has 0 bridgehead atoms. The quantitative estimate of drug-likeness (QED) is 0.555. The van der Waals surface area contributed by atoms with Gasteiger partial charge in [0.15, 0.2) is 16.8 Å². The number of anilines is 1. The molecule has 0 aromatic carbocycles. The molecule has 0 radical (unpaired) electrons. The Labute approximate surface area is 116 Å². The van der Waals surface area contributed by atoms with Gasteiger partial charge in [-0.2, -0.15) is 0 Å². The van der Waals surface area contributed by atoms with Crippen LogP contribution in [0.3, 0.4) is 0 Å². The van der Waals surface area contributed by atoms with Crippen LogP contribution in [0.25, 0.3) is 0 Å². The molecule has 1 atom stereocenters. The number of aryl methyl sites for hydroxylation is 1. The highest BCUT2D eigenvalue weighted by Gasteiger charge is 2.29. The summed E-state index contributed by atoms with van der Waals surface area (Å²) < 4.78 is 1.58. The van der Waals surface area contributed by atoms with Gasteiger partial charge in [0, 0.05) is 7.05 Å². The fourth-order valence-electron chi connectivity index (χ4n) is 1.80. The van der Waals surface area contributed by atoms with E-state index in [0.29, 0.717) is 16.5 Å². The number of aliphatic imine (C=N–C) groups is 1. The first-order valence-corrected chi connectivity index (χ1v) is 6.40. The Morgan fingerprint density at radius 3 is 3.10 bits per heavy atom. The van der Waals surface area contributed by atoms with Gasteiger partial charge in [-0.05, 0) is 9.91 Å². The second-order valence-corrected chi connectivity index (χ2v) is 5.08. The summed E-state index contributed by atoms with van der Waals surface area (Å²) in [6, 6.07) is 0. The van der Waals surface area contributed by atoms with E-state index < -0.39 is 10.3 Å². The van der Waals surface area contributed by atoms with Crippen LogP contribution in [0.15, 0.2) is 22.7 Å². The maximum Gasteiger partial charge on any atom is 0.396 e. The van der Waals surface area contributed by atoms with E-state index in [1.165, 1.54) is 24.4 Å². The molecular weight excluding hydrogens is 284 g/mol. The van der Waals surface area contributed by atoms with Crippen molar-refractivity contribution in [1.29, 1.82) is 0 Å². The number of guanidine groups is 1. The number of nitro groups is 1. The van der Waals surface area contributed by atoms with Crippen LogP contribution in [-0.2, 0) is 7.05 Å². The molecule has 3 rings (SSSR count). The molecule has 1 aliphatic rings. The van der Waals surface area contributed by atoms with Crippen LogP contribution in [0.5, 0.6) is 0 Å². The summed E-state index contributed by atoms with van der Waals surface area (Å²) in [6.07, 6.45) is 2.90. The van der Waals surface area contributed by atoms with E-state index in [0.717, 1.165) is 0 Å². The summed E-state index contributed by atoms with van der Waals surface area (Å²) in [6.45, 7) is 0. The molecule has 20 heavy (non-hydrogen) atoms. The zero-order valence-corrected chi connectivity index (χ0v) is 11.1. The van der Waals surface area contributed by atoms with E-state index in [4.69, 9.17) is 5.73 Å². The summed E-state index contributed by atoms with van der Waals surface area (Å²) >= 11 is 1.18. The maximum atomic E-state index is 11.0. The molecule has 0 fully saturated rings. The van der Waals surface area contributed by atoms with Gasteiger partial charge in [-0.15, -0.1) is 0 Å². The van der Waals surface area contributed by atoms with Crippen LogP contribution < -0.4 is 11.1 Å². The van der Waals surface area contributed by atoms with Crippen molar-refractivity contribution in [2.45, 2.75) is 10.4 Å². The van der Waals surface area contributed by atoms with Crippen molar-refractivity contribution in [1.82, 2.24) is 19.5 Å². The molecule has 2 aromatic heterocycles. The molecule has 0 aliphatic carbocycles. The number of fused-ring (bicyclic) bond motifs is 1. The van der Waals surface area contributed by atoms with Gasteiger partial charge in [0.1, 0.15) is 5.37 Å². The van der Waals surface area contributed by atoms with Gasteiger partial charge in [0.2, 0.25) is 6.33 Å². The first-order valence-electron chi connectivity index (χ1n) is 5.52. The first kappa shape index (κ1) is 12.5. The average Bonchev–Trinajstić information content (AvgIpc) is 2.97. The largest absolute Gasteiger partial charge is 0.396 e. The van der Waals surface area contributed by atoms with Gasteiger partial charge >= 0.3 is 5.82 Å². The second kappa shape index (κ2) is 4.52. The molecule has 1 unspecified atom stereocenters. The number of imidazole rings is 2. The standard InChI is InChI=1S/C9H10N8O2S/c1-16-3-13-6(17(18)19)8(16)20-7-4-5(12-2-11-4)14-9(10)15-7/h2-3,7H,1H3,(H,11,12)(H3,10,14,15). The van der Waals surface area contributed by atoms with Crippen LogP contribution >= 0.6 is 11.8 Å². The SMILES string of the molecule is Cn1cnc([N+](=O)[O-])c1SC1N=C(N)Nc2nc[nH]c21. The second-order valence-electron chi connectivity index (χ2n) is 4.02. The van der Waals surface area contributed by atoms with Crippen LogP contribution in [0.2, 0.25) is 0 Å². The van der Waals surface area contributed by atoms with Crippen molar-refractivity contribution < 1.29 is 4.92 Å². The van der Waals surface area contributed by atoms with Crippen molar-refractivity contribution in [3.63, 3.8) is 0 Å². The summed E-state index contributed by atoms with van der Waals surface area (Å²) in [4.78, 5) is 25.4. The number of hydrogen-bond donors (Lipinski definition) is 3. The highest BCUT2D eigenvalue weighted by Crippen LogP contribution is 2.42. The Kier molecular flexibility index (Phi) is 2.82. The zero-order valence-electron chi connectivity index (χ0n) is 10.3. The van der Waals surface area contributed by atoms with Gasteiger partial charge in [-0.3, -0.25) is 0 Å². The Morgan fingerprint density at radius 2 is 2.35 bits per heavy atom. The van der Waals surface area contributed by atoms with Gasteiger partial charge in [-0.1, -0.05) is 11.8 Å². The molecule has 104 valence electrons. The van der Waals surface area contributed by atoms with Gasteiger partial charge in [-0.25, -0.2) is 9.98 Å². The first-order chi connectivity index (χ1) is 9.56. The molecule has 4 N–H and O–H groups in total. The van der Waals surface area contributed by atoms with Crippen LogP contribution in [-0.4, -0.2) is 30.4 Å². The number of rotatable bonds is 3. The molecule has 3 heterocycles. The van der Waals surface area contributed by atoms with Crippen molar-refractivity contribution in [3.05, 3.63) is 28.5 Å². The van der Waals surface area contributed by atoms with Crippen molar-refractivity contribution in [2.24, 2.45) is 17.8 Å². The third-order valence-electron chi connectivity index (χ3n) is 2.68. The summed E-state index contributed by atoms with van der Waals surface area (Å²) in [5, 5.41) is 13.7. The summed E-state index contributed by atoms with van der Waals surface area (Å²) in [7, 11) is 1.68. The number of aromatic nitrogens is 4. The van der Waals surface area contributed by atoms with E-state index >= 15 is 0 Å². The summed E-state index contributed by atoms with van der Waals surface area (Å²) in [5.74, 6) is 0.581. The number of hydrogen-bond acceptors (Lipinski definition) is 8. The molecule has 0 spiro atoms. The van der Waals surface area contributed by atoms with Crippen molar-refractivity contribution in [3.8, 4) is 0 Å². The van der Waals surface area contributed by atoms with Crippen molar-refractivity contribution in [2.75, 3.05) is 5.32 Å². The molecule has 0 saturated heterocycles. The number of nitrogens with two attached hydrogens (primary N) is 1. The lowest BCUT2D eigenvalue weighted by molar-refractivity contribution is -0.392. The monoisotopic (exact) mass is 294 g/mol. The molecule has 0 saturated carbocycles. The van der Waals surface area contributed by atoms with Gasteiger partial charge in [0.25, 0.3) is 0 Å². The van der Waals surface area contributed by atoms with E-state index in [-0.39, 0.29) is 11.8 Å². The zero-order chi connectivity index (χ0) is 14.3. The lowest BCUT2D eigenvalue weighted by Gasteiger charge is -2.18. The van der Waals surface area contributed by atoms with Crippen LogP contribution in [0.1, 0.15) is 11.1 Å². The lowest BCUT2D eigenvalue weighted by Crippen LogP contribution is -2.27. The van der Waals surface area contributed by atoms with Crippen molar-refractivity contribution >= 4 is 29.4 Å². The third kappa shape index (κ3) is 1.97. The molecular formula is C9H10N8O2S. The highest BCUT2D eigenvalue weighted by atomic mass is 32.2. The van der Waals surface area contributed by atoms with Crippen LogP contribution in [0.4, 0.5) is 11.6 Å². The van der Waals surface area contributed by atoms with Gasteiger partial charge in [0.05, 0.1) is 12.0 Å². The Balaban J connectivity index is 1.97. The number of nitrogens with zero attached hydrogens (tertiary/aromatic N) is 5. The predicted molar refractivity (Wildman–Crippen MR) is 72.3 cm³/mol. The minimum absolute atomic E-state index is 0.203. The Hall–Kier alpha value is -2.56. The van der Waals surface area contributed by atoms with E-state index in [1.807, 2.05) is 0 Å². The number of nitrogens with one attached hydrogen (secondary N) is 2. The maximum absolute atomic E-state index is 11.0. The predicted octanol–water partition coefficient (Wildman–Crippen LogP) is 0.582. The van der Waals surface area contributed by atoms with Gasteiger partial charge < -0.3 is 30.7 Å². The third-order valence-corrected chi connectivity index (χ3v) is 3.94. The molecule has 1 aliphatic heterocycles. The Morgan fingerprint density at radius 1 is 1.55 bits per heavy atom. The van der Waals surface area contributed by atoms with E-state index in [1.54, 1.807) is 11.6 Å². The van der Waals surface area contributed by atoms with E-state index in [2.05, 4.69) is 25.3 Å². The minimum Gasteiger partial charge on any atom is -0.370 e. The molecule has 10 nitrogen and oxygen atoms in total. The highest BCUT2D eigenvalue weighted by molar-refractivity contribution is 7.99. The average molecular weight is 294 g/mol. The fraction of sp³-hybridized carbons (Fsp3) is 0.222. The number of aromatic amines is 1. The fourth-order valence-corrected chi connectivity index (χ4v) is 2.92. The molecule has 2 aromatic rings. The Bertz CT molecular complexity index is 705.